The van der Waals surface area contributed by atoms with E-state index in [0.29, 0.717) is 22.5 Å². The van der Waals surface area contributed by atoms with E-state index in [0.717, 1.165) is 57.2 Å². The molecule has 160 valence electrons. The van der Waals surface area contributed by atoms with Gasteiger partial charge in [0.2, 0.25) is 5.95 Å². The van der Waals surface area contributed by atoms with Crippen molar-refractivity contribution in [1.29, 1.82) is 0 Å². The lowest BCUT2D eigenvalue weighted by Crippen LogP contribution is -2.41. The normalized spacial score (nSPS) is 20.2. The molecule has 7 nitrogen and oxygen atoms in total. The van der Waals surface area contributed by atoms with E-state index in [4.69, 9.17) is 18.0 Å². The number of nitrogens with one attached hydrogen (secondary N) is 1. The maximum Gasteiger partial charge on any atom is 0.242 e. The van der Waals surface area contributed by atoms with Gasteiger partial charge < -0.3 is 16.0 Å². The number of nitrogens with two attached hydrogens (primary N) is 1. The molecule has 2 aliphatic rings. The van der Waals surface area contributed by atoms with Crippen molar-refractivity contribution in [2.24, 2.45) is 10.7 Å². The summed E-state index contributed by atoms with van der Waals surface area (Å²) in [5.41, 5.74) is 6.08. The third-order valence-corrected chi connectivity index (χ3v) is 5.93. The lowest BCUT2D eigenvalue weighted by atomic mass is 9.91. The number of hydrogen-bond acceptors (Lipinski definition) is 4. The monoisotopic (exact) mass is 433 g/mol. The van der Waals surface area contributed by atoms with Crippen LogP contribution in [0, 0.1) is 11.6 Å². The van der Waals surface area contributed by atoms with Crippen molar-refractivity contribution >= 4 is 29.1 Å². The Labute approximate surface area is 179 Å². The lowest BCUT2D eigenvalue weighted by Gasteiger charge is -2.32. The van der Waals surface area contributed by atoms with Crippen LogP contribution in [0.2, 0.25) is 0 Å². The maximum absolute atomic E-state index is 14.3. The number of hydrogen-bond donors (Lipinski definition) is 2. The number of piperidine rings is 1. The number of anilines is 1. The lowest BCUT2D eigenvalue weighted by molar-refractivity contribution is 0.325. The first kappa shape index (κ1) is 20.6. The Morgan fingerprint density at radius 1 is 1.23 bits per heavy atom. The van der Waals surface area contributed by atoms with E-state index in [1.165, 1.54) is 12.1 Å². The second kappa shape index (κ2) is 8.63. The largest absolute Gasteiger partial charge is 0.387 e. The zero-order valence-electron chi connectivity index (χ0n) is 16.8. The summed E-state index contributed by atoms with van der Waals surface area (Å²) in [5, 5.41) is 8.51. The van der Waals surface area contributed by atoms with Crippen molar-refractivity contribution in [3.63, 3.8) is 0 Å². The SMILES string of the molecule is C/C(N)=N/C(=S)N1CCC(Nc2nc3n(n2)CCCC3c2ccc(F)cc2F)CC1. The highest BCUT2D eigenvalue weighted by Gasteiger charge is 2.29. The fourth-order valence-corrected chi connectivity index (χ4v) is 4.44. The summed E-state index contributed by atoms with van der Waals surface area (Å²) < 4.78 is 29.5. The zero-order chi connectivity index (χ0) is 21.3. The van der Waals surface area contributed by atoms with Gasteiger partial charge in [-0.1, -0.05) is 6.07 Å². The zero-order valence-corrected chi connectivity index (χ0v) is 17.6. The molecule has 0 aliphatic carbocycles. The summed E-state index contributed by atoms with van der Waals surface area (Å²) >= 11 is 5.31. The van der Waals surface area contributed by atoms with Gasteiger partial charge in [0, 0.05) is 37.7 Å². The van der Waals surface area contributed by atoms with Gasteiger partial charge in [-0.25, -0.2) is 18.5 Å². The van der Waals surface area contributed by atoms with Gasteiger partial charge in [0.25, 0.3) is 0 Å². The van der Waals surface area contributed by atoms with Crippen molar-refractivity contribution in [1.82, 2.24) is 19.7 Å². The van der Waals surface area contributed by atoms with E-state index in [2.05, 4.69) is 20.4 Å². The van der Waals surface area contributed by atoms with Crippen LogP contribution in [-0.4, -0.2) is 49.7 Å². The Morgan fingerprint density at radius 3 is 2.70 bits per heavy atom. The van der Waals surface area contributed by atoms with Crippen molar-refractivity contribution < 1.29 is 8.78 Å². The van der Waals surface area contributed by atoms with Crippen LogP contribution in [0.15, 0.2) is 23.2 Å². The number of thiocarbonyl (C=S) groups is 1. The molecule has 0 amide bonds. The van der Waals surface area contributed by atoms with E-state index >= 15 is 0 Å². The highest BCUT2D eigenvalue weighted by Crippen LogP contribution is 2.34. The number of aryl methyl sites for hydroxylation is 1. The first-order valence-corrected chi connectivity index (χ1v) is 10.6. The van der Waals surface area contributed by atoms with Crippen LogP contribution in [0.25, 0.3) is 0 Å². The van der Waals surface area contributed by atoms with Crippen LogP contribution in [0.4, 0.5) is 14.7 Å². The molecular weight excluding hydrogens is 408 g/mol. The number of benzene rings is 1. The second-order valence-corrected chi connectivity index (χ2v) is 8.18. The number of aliphatic imine (C=N–C) groups is 1. The summed E-state index contributed by atoms with van der Waals surface area (Å²) in [5.74, 6) is 0.398. The van der Waals surface area contributed by atoms with E-state index in [1.54, 1.807) is 6.92 Å². The molecule has 0 bridgehead atoms. The number of fused-ring (bicyclic) bond motifs is 1. The Balaban J connectivity index is 1.44. The molecule has 1 atom stereocenters. The Morgan fingerprint density at radius 2 is 2.00 bits per heavy atom. The van der Waals surface area contributed by atoms with Gasteiger partial charge in [-0.05, 0) is 56.5 Å². The number of nitrogens with zero attached hydrogens (tertiary/aromatic N) is 5. The van der Waals surface area contributed by atoms with Crippen molar-refractivity contribution in [3.05, 3.63) is 41.2 Å². The van der Waals surface area contributed by atoms with E-state index in [-0.39, 0.29) is 12.0 Å². The summed E-state index contributed by atoms with van der Waals surface area (Å²) in [6, 6.07) is 3.95. The minimum atomic E-state index is -0.575. The number of halogens is 2. The van der Waals surface area contributed by atoms with Gasteiger partial charge in [-0.15, -0.1) is 5.10 Å². The summed E-state index contributed by atoms with van der Waals surface area (Å²) in [7, 11) is 0. The second-order valence-electron chi connectivity index (χ2n) is 7.82. The molecule has 1 aromatic carbocycles. The number of aromatic nitrogens is 3. The fraction of sp³-hybridized carbons (Fsp3) is 0.500. The molecule has 2 aromatic rings. The topological polar surface area (TPSA) is 84.4 Å². The van der Waals surface area contributed by atoms with Gasteiger partial charge in [0.1, 0.15) is 17.5 Å². The molecule has 1 saturated heterocycles. The van der Waals surface area contributed by atoms with Crippen molar-refractivity contribution in [2.75, 3.05) is 18.4 Å². The average molecular weight is 434 g/mol. The van der Waals surface area contributed by atoms with E-state index in [1.807, 2.05) is 9.58 Å². The van der Waals surface area contributed by atoms with Gasteiger partial charge in [0.15, 0.2) is 5.11 Å². The van der Waals surface area contributed by atoms with Crippen LogP contribution in [0.5, 0.6) is 0 Å². The first-order valence-electron chi connectivity index (χ1n) is 10.2. The highest BCUT2D eigenvalue weighted by molar-refractivity contribution is 7.80. The van der Waals surface area contributed by atoms with Crippen molar-refractivity contribution in [3.8, 4) is 0 Å². The predicted molar refractivity (Wildman–Crippen MR) is 116 cm³/mol. The van der Waals surface area contributed by atoms with Gasteiger partial charge in [0.05, 0.1) is 5.84 Å². The minimum Gasteiger partial charge on any atom is -0.387 e. The molecule has 3 heterocycles. The maximum atomic E-state index is 14.3. The molecule has 4 rings (SSSR count). The quantitative estimate of drug-likeness (QED) is 0.440. The van der Waals surface area contributed by atoms with Gasteiger partial charge in [-0.2, -0.15) is 4.98 Å². The minimum absolute atomic E-state index is 0.220. The Bertz CT molecular complexity index is 962. The van der Waals surface area contributed by atoms with Crippen LogP contribution in [-0.2, 0) is 6.54 Å². The van der Waals surface area contributed by atoms with Crippen LogP contribution in [0.1, 0.15) is 49.9 Å². The molecule has 2 aliphatic heterocycles. The van der Waals surface area contributed by atoms with Gasteiger partial charge in [-0.3, -0.25) is 0 Å². The molecule has 0 radical (unpaired) electrons. The smallest absolute Gasteiger partial charge is 0.242 e. The fourth-order valence-electron chi connectivity index (χ4n) is 4.11. The third kappa shape index (κ3) is 4.43. The van der Waals surface area contributed by atoms with Crippen LogP contribution in [0.3, 0.4) is 0 Å². The van der Waals surface area contributed by atoms with E-state index < -0.39 is 11.6 Å². The van der Waals surface area contributed by atoms with E-state index in [9.17, 15) is 8.78 Å². The molecule has 3 N–H and O–H groups in total. The third-order valence-electron chi connectivity index (χ3n) is 5.58. The molecule has 0 spiro atoms. The van der Waals surface area contributed by atoms with Crippen LogP contribution < -0.4 is 11.1 Å². The predicted octanol–water partition coefficient (Wildman–Crippen LogP) is 3.02. The summed E-state index contributed by atoms with van der Waals surface area (Å²) in [6.07, 6.45) is 3.38. The molecule has 10 heteroatoms. The molecule has 0 saturated carbocycles. The Kier molecular flexibility index (Phi) is 5.94. The average Bonchev–Trinajstić information content (AvgIpc) is 3.11. The van der Waals surface area contributed by atoms with Gasteiger partial charge >= 0.3 is 0 Å². The number of likely N-dealkylation sites (tertiary alicyclic amines) is 1. The highest BCUT2D eigenvalue weighted by atomic mass is 32.1. The summed E-state index contributed by atoms with van der Waals surface area (Å²) in [6.45, 7) is 4.03. The standard InChI is InChI=1S/C20H25F2N7S/c1-12(23)24-20(30)28-9-6-14(7-10-28)25-19-26-18-16(3-2-8-29(18)27-19)15-5-4-13(21)11-17(15)22/h4-5,11,14,16H,2-3,6-10H2,1H3,(H,25,27)(H2,23,24,30). The van der Waals surface area contributed by atoms with Crippen molar-refractivity contribution in [2.45, 2.75) is 51.1 Å². The number of amidine groups is 1. The molecular formula is C20H25F2N7S. The summed E-state index contributed by atoms with van der Waals surface area (Å²) in [4.78, 5) is 10.9. The Hall–Kier alpha value is -2.62. The molecule has 1 aromatic heterocycles. The first-order chi connectivity index (χ1) is 14.4. The number of rotatable bonds is 3. The molecule has 30 heavy (non-hydrogen) atoms. The molecule has 1 fully saturated rings. The van der Waals surface area contributed by atoms with Crippen LogP contribution >= 0.6 is 12.2 Å². The molecule has 1 unspecified atom stereocenters.